The Bertz CT molecular complexity index is 385. The molecule has 7 heteroatoms. The van der Waals surface area contributed by atoms with Crippen molar-refractivity contribution in [2.45, 2.75) is 0 Å². The van der Waals surface area contributed by atoms with E-state index in [1.54, 1.807) is 18.3 Å². The van der Waals surface area contributed by atoms with Gasteiger partial charge >= 0.3 is 0 Å². The smallest absolute Gasteiger partial charge is 0.269 e. The number of carbonyl (C=O) groups excluding carboxylic acids is 1. The Morgan fingerprint density at radius 3 is 3.07 bits per heavy atom. The highest BCUT2D eigenvalue weighted by molar-refractivity contribution is 9.10. The maximum absolute atomic E-state index is 11.4. The van der Waals surface area contributed by atoms with Crippen LogP contribution in [0.2, 0.25) is 0 Å². The maximum atomic E-state index is 11.4. The summed E-state index contributed by atoms with van der Waals surface area (Å²) in [6.45, 7) is 0.541. The van der Waals surface area contributed by atoms with Crippen LogP contribution >= 0.6 is 15.9 Å². The molecule has 0 spiro atoms. The molecular formula is C8H8BrN5O. The summed E-state index contributed by atoms with van der Waals surface area (Å²) in [5, 5.41) is 5.86. The third-order valence-electron chi connectivity index (χ3n) is 1.52. The van der Waals surface area contributed by atoms with Gasteiger partial charge in [-0.25, -0.2) is 4.98 Å². The number of carbonyl (C=O) groups is 1. The maximum Gasteiger partial charge on any atom is 0.269 e. The van der Waals surface area contributed by atoms with Gasteiger partial charge < -0.3 is 5.32 Å². The number of azide groups is 1. The highest BCUT2D eigenvalue weighted by Gasteiger charge is 2.04. The second kappa shape index (κ2) is 6.00. The number of hydrogen-bond donors (Lipinski definition) is 1. The lowest BCUT2D eigenvalue weighted by molar-refractivity contribution is 0.0950. The molecule has 1 rings (SSSR count). The van der Waals surface area contributed by atoms with Crippen LogP contribution in [0.4, 0.5) is 0 Å². The number of nitrogens with one attached hydrogen (secondary N) is 1. The summed E-state index contributed by atoms with van der Waals surface area (Å²) >= 11 is 3.22. The number of halogens is 1. The summed E-state index contributed by atoms with van der Waals surface area (Å²) < 4.78 is 0.813. The molecule has 1 aromatic heterocycles. The number of pyridine rings is 1. The van der Waals surface area contributed by atoms with Crippen LogP contribution in [-0.2, 0) is 0 Å². The summed E-state index contributed by atoms with van der Waals surface area (Å²) in [7, 11) is 0. The summed E-state index contributed by atoms with van der Waals surface area (Å²) in [6.07, 6.45) is 1.54. The zero-order chi connectivity index (χ0) is 11.1. The molecule has 0 fully saturated rings. The van der Waals surface area contributed by atoms with Crippen LogP contribution in [0.1, 0.15) is 10.5 Å². The average Bonchev–Trinajstić information content (AvgIpc) is 2.25. The fourth-order valence-corrected chi connectivity index (χ4v) is 1.10. The van der Waals surface area contributed by atoms with Crippen molar-refractivity contribution < 1.29 is 4.79 Å². The van der Waals surface area contributed by atoms with E-state index < -0.39 is 0 Å². The lowest BCUT2D eigenvalue weighted by Crippen LogP contribution is -2.26. The Morgan fingerprint density at radius 1 is 1.67 bits per heavy atom. The van der Waals surface area contributed by atoms with Crippen LogP contribution in [0.5, 0.6) is 0 Å². The van der Waals surface area contributed by atoms with E-state index in [4.69, 9.17) is 5.53 Å². The van der Waals surface area contributed by atoms with Crippen molar-refractivity contribution in [1.82, 2.24) is 10.3 Å². The van der Waals surface area contributed by atoms with Gasteiger partial charge in [0.15, 0.2) is 0 Å². The molecule has 15 heavy (non-hydrogen) atoms. The van der Waals surface area contributed by atoms with E-state index in [1.165, 1.54) is 0 Å². The van der Waals surface area contributed by atoms with Crippen molar-refractivity contribution in [2.75, 3.05) is 13.1 Å². The number of amides is 1. The highest BCUT2D eigenvalue weighted by atomic mass is 79.9. The minimum absolute atomic E-state index is 0.235. The molecular weight excluding hydrogens is 262 g/mol. The van der Waals surface area contributed by atoms with Gasteiger partial charge in [0.2, 0.25) is 0 Å². The molecule has 0 unspecified atom stereocenters. The van der Waals surface area contributed by atoms with Gasteiger partial charge in [0.05, 0.1) is 0 Å². The van der Waals surface area contributed by atoms with Crippen molar-refractivity contribution in [3.63, 3.8) is 0 Å². The monoisotopic (exact) mass is 269 g/mol. The number of rotatable bonds is 4. The zero-order valence-electron chi connectivity index (χ0n) is 7.72. The van der Waals surface area contributed by atoms with E-state index in [-0.39, 0.29) is 12.5 Å². The van der Waals surface area contributed by atoms with Gasteiger partial charge in [0.25, 0.3) is 5.91 Å². The average molecular weight is 270 g/mol. The molecule has 1 N–H and O–H groups in total. The topological polar surface area (TPSA) is 90.8 Å². The van der Waals surface area contributed by atoms with Gasteiger partial charge in [-0.2, -0.15) is 0 Å². The molecule has 0 radical (unpaired) electrons. The molecule has 6 nitrogen and oxygen atoms in total. The first-order valence-corrected chi connectivity index (χ1v) is 4.94. The highest BCUT2D eigenvalue weighted by Crippen LogP contribution is 2.06. The van der Waals surface area contributed by atoms with Crippen molar-refractivity contribution in [3.8, 4) is 0 Å². The molecule has 1 heterocycles. The minimum atomic E-state index is -0.282. The quantitative estimate of drug-likeness (QED) is 0.391. The standard InChI is InChI=1S/C8H8BrN5O/c9-6-1-2-7(12-5-6)8(15)11-3-4-13-14-10/h1-2,5H,3-4H2,(H,11,15). The lowest BCUT2D eigenvalue weighted by Gasteiger charge is -2.01. The second-order valence-electron chi connectivity index (χ2n) is 2.57. The van der Waals surface area contributed by atoms with Gasteiger partial charge in [-0.15, -0.1) is 0 Å². The predicted octanol–water partition coefficient (Wildman–Crippen LogP) is 1.88. The van der Waals surface area contributed by atoms with Crippen LogP contribution in [0, 0.1) is 0 Å². The fourth-order valence-electron chi connectivity index (χ4n) is 0.865. The van der Waals surface area contributed by atoms with E-state index in [0.717, 1.165) is 4.47 Å². The molecule has 78 valence electrons. The number of aromatic nitrogens is 1. The molecule has 0 bridgehead atoms. The summed E-state index contributed by atoms with van der Waals surface area (Å²) in [5.41, 5.74) is 8.34. The van der Waals surface area contributed by atoms with Gasteiger partial charge in [-0.1, -0.05) is 5.11 Å². The van der Waals surface area contributed by atoms with E-state index in [0.29, 0.717) is 12.2 Å². The van der Waals surface area contributed by atoms with Gasteiger partial charge in [-0.05, 0) is 33.6 Å². The molecule has 0 aromatic carbocycles. The van der Waals surface area contributed by atoms with Gasteiger partial charge in [-0.3, -0.25) is 4.79 Å². The second-order valence-corrected chi connectivity index (χ2v) is 3.49. The molecule has 0 saturated carbocycles. The van der Waals surface area contributed by atoms with Crippen molar-refractivity contribution in [3.05, 3.63) is 38.9 Å². The Hall–Kier alpha value is -1.59. The molecule has 0 atom stereocenters. The lowest BCUT2D eigenvalue weighted by atomic mass is 10.3. The summed E-state index contributed by atoms with van der Waals surface area (Å²) in [6, 6.07) is 3.34. The molecule has 1 aromatic rings. The SMILES string of the molecule is [N-]=[N+]=NCCNC(=O)c1ccc(Br)cn1. The summed E-state index contributed by atoms with van der Waals surface area (Å²) in [4.78, 5) is 17.9. The van der Waals surface area contributed by atoms with E-state index in [9.17, 15) is 4.79 Å². The van der Waals surface area contributed by atoms with E-state index >= 15 is 0 Å². The van der Waals surface area contributed by atoms with Crippen molar-refractivity contribution in [2.24, 2.45) is 5.11 Å². The zero-order valence-corrected chi connectivity index (χ0v) is 9.31. The minimum Gasteiger partial charge on any atom is -0.351 e. The number of hydrogen-bond acceptors (Lipinski definition) is 3. The molecule has 0 saturated heterocycles. The Labute approximate surface area is 94.5 Å². The Morgan fingerprint density at radius 2 is 2.47 bits per heavy atom. The first-order valence-electron chi connectivity index (χ1n) is 4.14. The van der Waals surface area contributed by atoms with Gasteiger partial charge in [0, 0.05) is 28.7 Å². The molecule has 1 amide bonds. The van der Waals surface area contributed by atoms with Gasteiger partial charge in [0.1, 0.15) is 5.69 Å². The Kier molecular flexibility index (Phi) is 4.59. The summed E-state index contributed by atoms with van der Waals surface area (Å²) in [5.74, 6) is -0.282. The number of nitrogens with zero attached hydrogens (tertiary/aromatic N) is 4. The first kappa shape index (κ1) is 11.5. The third-order valence-corrected chi connectivity index (χ3v) is 1.99. The first-order chi connectivity index (χ1) is 7.24. The Balaban J connectivity index is 2.46. The fraction of sp³-hybridized carbons (Fsp3) is 0.250. The van der Waals surface area contributed by atoms with Crippen LogP contribution in [0.15, 0.2) is 27.9 Å². The van der Waals surface area contributed by atoms with Crippen LogP contribution in [0.3, 0.4) is 0 Å². The third kappa shape index (κ3) is 3.97. The molecule has 0 aliphatic rings. The molecule has 0 aliphatic heterocycles. The van der Waals surface area contributed by atoms with Crippen LogP contribution in [0.25, 0.3) is 10.4 Å². The van der Waals surface area contributed by atoms with Crippen molar-refractivity contribution >= 4 is 21.8 Å². The van der Waals surface area contributed by atoms with Crippen LogP contribution < -0.4 is 5.32 Å². The normalized spacial score (nSPS) is 9.13. The van der Waals surface area contributed by atoms with Crippen LogP contribution in [-0.4, -0.2) is 24.0 Å². The largest absolute Gasteiger partial charge is 0.351 e. The van der Waals surface area contributed by atoms with E-state index in [2.05, 4.69) is 36.3 Å². The molecule has 0 aliphatic carbocycles. The van der Waals surface area contributed by atoms with Crippen molar-refractivity contribution in [1.29, 1.82) is 0 Å². The predicted molar refractivity (Wildman–Crippen MR) is 58.3 cm³/mol. The van der Waals surface area contributed by atoms with E-state index in [1.807, 2.05) is 0 Å².